The van der Waals surface area contributed by atoms with E-state index in [4.69, 9.17) is 4.74 Å². The molecule has 0 aliphatic carbocycles. The maximum absolute atomic E-state index is 6.27. The van der Waals surface area contributed by atoms with Gasteiger partial charge in [0.05, 0.1) is 0 Å². The first-order chi connectivity index (χ1) is 12.1. The maximum Gasteiger partial charge on any atom is 0.125 e. The molecule has 1 aliphatic rings. The summed E-state index contributed by atoms with van der Waals surface area (Å²) in [6, 6.07) is 15.1. The number of likely N-dealkylation sites (N-methyl/N-ethyl adjacent to an activating group) is 1. The van der Waals surface area contributed by atoms with Crippen molar-refractivity contribution in [2.24, 2.45) is 0 Å². The molecule has 0 saturated carbocycles. The SMILES string of the molecule is Cc1cc(C)c(OCCN2CCN(C)CC2)c(Cc2ccccc2)c1.Cl.Cl. The number of aryl methyl sites for hydroxylation is 2. The molecule has 2 aromatic rings. The van der Waals surface area contributed by atoms with Gasteiger partial charge in [-0.15, -0.1) is 24.8 Å². The standard InChI is InChI=1S/C22H30N2O.2ClH/c1-18-15-19(2)22(21(16-18)17-20-7-5-4-6-8-20)25-14-13-24-11-9-23(3)10-12-24;;/h4-8,15-16H,9-14,17H2,1-3H3;2*1H. The van der Waals surface area contributed by atoms with Crippen molar-refractivity contribution in [3.8, 4) is 5.75 Å². The highest BCUT2D eigenvalue weighted by molar-refractivity contribution is 5.85. The molecule has 150 valence electrons. The van der Waals surface area contributed by atoms with Gasteiger partial charge in [0.15, 0.2) is 0 Å². The molecule has 0 bridgehead atoms. The van der Waals surface area contributed by atoms with Crippen LogP contribution in [0.15, 0.2) is 42.5 Å². The molecule has 0 unspecified atom stereocenters. The van der Waals surface area contributed by atoms with E-state index in [1.807, 2.05) is 0 Å². The van der Waals surface area contributed by atoms with Crippen LogP contribution in [0, 0.1) is 13.8 Å². The summed E-state index contributed by atoms with van der Waals surface area (Å²) in [4.78, 5) is 4.89. The van der Waals surface area contributed by atoms with Gasteiger partial charge >= 0.3 is 0 Å². The average Bonchev–Trinajstić information content (AvgIpc) is 2.60. The van der Waals surface area contributed by atoms with Gasteiger partial charge in [-0.05, 0) is 37.6 Å². The average molecular weight is 411 g/mol. The minimum atomic E-state index is 0. The third-order valence-corrected chi connectivity index (χ3v) is 4.98. The van der Waals surface area contributed by atoms with Crippen molar-refractivity contribution in [1.82, 2.24) is 9.80 Å². The Labute approximate surface area is 176 Å². The highest BCUT2D eigenvalue weighted by Gasteiger charge is 2.14. The molecule has 1 saturated heterocycles. The molecule has 3 nitrogen and oxygen atoms in total. The van der Waals surface area contributed by atoms with E-state index in [0.29, 0.717) is 0 Å². The molecule has 0 amide bonds. The Bertz CT molecular complexity index is 686. The van der Waals surface area contributed by atoms with Gasteiger partial charge in [0.25, 0.3) is 0 Å². The Morgan fingerprint density at radius 3 is 2.26 bits per heavy atom. The highest BCUT2D eigenvalue weighted by Crippen LogP contribution is 2.27. The second-order valence-corrected chi connectivity index (χ2v) is 7.23. The van der Waals surface area contributed by atoms with Gasteiger partial charge in [-0.2, -0.15) is 0 Å². The summed E-state index contributed by atoms with van der Waals surface area (Å²) in [5.74, 6) is 1.07. The van der Waals surface area contributed by atoms with E-state index in [9.17, 15) is 0 Å². The Morgan fingerprint density at radius 1 is 0.926 bits per heavy atom. The van der Waals surface area contributed by atoms with E-state index in [2.05, 4.69) is 73.2 Å². The second-order valence-electron chi connectivity index (χ2n) is 7.23. The van der Waals surface area contributed by atoms with Gasteiger partial charge in [0.2, 0.25) is 0 Å². The summed E-state index contributed by atoms with van der Waals surface area (Å²) < 4.78 is 6.27. The number of piperazine rings is 1. The number of hydrogen-bond acceptors (Lipinski definition) is 3. The van der Waals surface area contributed by atoms with Crippen molar-refractivity contribution in [1.29, 1.82) is 0 Å². The van der Waals surface area contributed by atoms with Crippen LogP contribution in [0.2, 0.25) is 0 Å². The van der Waals surface area contributed by atoms with Crippen LogP contribution in [-0.2, 0) is 6.42 Å². The molecular weight excluding hydrogens is 379 g/mol. The van der Waals surface area contributed by atoms with Crippen LogP contribution >= 0.6 is 24.8 Å². The number of benzene rings is 2. The van der Waals surface area contributed by atoms with Gasteiger partial charge in [0.1, 0.15) is 12.4 Å². The quantitative estimate of drug-likeness (QED) is 0.703. The van der Waals surface area contributed by atoms with Crippen LogP contribution in [0.3, 0.4) is 0 Å². The molecule has 0 spiro atoms. The maximum atomic E-state index is 6.27. The molecule has 3 rings (SSSR count). The zero-order chi connectivity index (χ0) is 17.6. The van der Waals surface area contributed by atoms with E-state index in [1.165, 1.54) is 22.3 Å². The fourth-order valence-corrected chi connectivity index (χ4v) is 3.54. The summed E-state index contributed by atoms with van der Waals surface area (Å²) in [6.07, 6.45) is 0.924. The smallest absolute Gasteiger partial charge is 0.125 e. The molecular formula is C22H32Cl2N2O. The summed E-state index contributed by atoms with van der Waals surface area (Å²) >= 11 is 0. The van der Waals surface area contributed by atoms with Crippen LogP contribution in [-0.4, -0.2) is 56.2 Å². The van der Waals surface area contributed by atoms with Crippen molar-refractivity contribution < 1.29 is 4.74 Å². The number of halogens is 2. The number of rotatable bonds is 6. The monoisotopic (exact) mass is 410 g/mol. The summed E-state index contributed by atoms with van der Waals surface area (Å²) in [7, 11) is 2.19. The lowest BCUT2D eigenvalue weighted by Gasteiger charge is -2.32. The van der Waals surface area contributed by atoms with Crippen molar-refractivity contribution >= 4 is 24.8 Å². The first-order valence-electron chi connectivity index (χ1n) is 9.29. The van der Waals surface area contributed by atoms with Crippen LogP contribution < -0.4 is 4.74 Å². The van der Waals surface area contributed by atoms with Crippen LogP contribution in [0.1, 0.15) is 22.3 Å². The zero-order valence-electron chi connectivity index (χ0n) is 16.6. The third-order valence-electron chi connectivity index (χ3n) is 4.98. The molecule has 0 N–H and O–H groups in total. The van der Waals surface area contributed by atoms with Gasteiger partial charge in [-0.3, -0.25) is 4.90 Å². The minimum absolute atomic E-state index is 0. The second kappa shape index (κ2) is 11.6. The van der Waals surface area contributed by atoms with Crippen LogP contribution in [0.25, 0.3) is 0 Å². The van der Waals surface area contributed by atoms with Gasteiger partial charge in [-0.1, -0.05) is 48.0 Å². The summed E-state index contributed by atoms with van der Waals surface area (Å²) in [5, 5.41) is 0. The predicted molar refractivity (Wildman–Crippen MR) is 119 cm³/mol. The molecule has 0 aromatic heterocycles. The Kier molecular flexibility index (Phi) is 10.2. The first kappa shape index (κ1) is 23.8. The first-order valence-corrected chi connectivity index (χ1v) is 9.29. The molecule has 0 atom stereocenters. The largest absolute Gasteiger partial charge is 0.492 e. The number of hydrogen-bond donors (Lipinski definition) is 0. The molecule has 0 radical (unpaired) electrons. The van der Waals surface area contributed by atoms with E-state index >= 15 is 0 Å². The van der Waals surface area contributed by atoms with Crippen LogP contribution in [0.5, 0.6) is 5.75 Å². The highest BCUT2D eigenvalue weighted by atomic mass is 35.5. The Balaban J connectivity index is 0.00000182. The molecule has 1 aliphatic heterocycles. The fourth-order valence-electron chi connectivity index (χ4n) is 3.54. The minimum Gasteiger partial charge on any atom is -0.492 e. The van der Waals surface area contributed by atoms with Crippen molar-refractivity contribution in [3.05, 3.63) is 64.7 Å². The molecule has 1 fully saturated rings. The molecule has 2 aromatic carbocycles. The number of nitrogens with zero attached hydrogens (tertiary/aromatic N) is 2. The van der Waals surface area contributed by atoms with Crippen LogP contribution in [0.4, 0.5) is 0 Å². The summed E-state index contributed by atoms with van der Waals surface area (Å²) in [6.45, 7) is 10.7. The van der Waals surface area contributed by atoms with Gasteiger partial charge < -0.3 is 9.64 Å². The van der Waals surface area contributed by atoms with E-state index in [-0.39, 0.29) is 24.8 Å². The lowest BCUT2D eigenvalue weighted by atomic mass is 9.99. The van der Waals surface area contributed by atoms with E-state index < -0.39 is 0 Å². The van der Waals surface area contributed by atoms with Gasteiger partial charge in [-0.25, -0.2) is 0 Å². The topological polar surface area (TPSA) is 15.7 Å². The fraction of sp³-hybridized carbons (Fsp3) is 0.455. The zero-order valence-corrected chi connectivity index (χ0v) is 18.2. The molecule has 5 heteroatoms. The lowest BCUT2D eigenvalue weighted by molar-refractivity contribution is 0.133. The lowest BCUT2D eigenvalue weighted by Crippen LogP contribution is -2.45. The Morgan fingerprint density at radius 2 is 1.59 bits per heavy atom. The Hall–Kier alpha value is -1.26. The van der Waals surface area contributed by atoms with Crippen molar-refractivity contribution in [2.45, 2.75) is 20.3 Å². The normalized spacial score (nSPS) is 14.9. The summed E-state index contributed by atoms with van der Waals surface area (Å²) in [5.41, 5.74) is 5.16. The number of ether oxygens (including phenoxy) is 1. The van der Waals surface area contributed by atoms with E-state index in [0.717, 1.165) is 51.5 Å². The predicted octanol–water partition coefficient (Wildman–Crippen LogP) is 4.36. The third kappa shape index (κ3) is 7.00. The molecule has 27 heavy (non-hydrogen) atoms. The van der Waals surface area contributed by atoms with Crippen molar-refractivity contribution in [2.75, 3.05) is 46.4 Å². The van der Waals surface area contributed by atoms with Gasteiger partial charge in [0, 0.05) is 39.1 Å². The van der Waals surface area contributed by atoms with Crippen molar-refractivity contribution in [3.63, 3.8) is 0 Å². The molecule has 1 heterocycles. The van der Waals surface area contributed by atoms with E-state index in [1.54, 1.807) is 0 Å².